The average molecular weight is 298 g/mol. The first-order valence-corrected chi connectivity index (χ1v) is 6.94. The summed E-state index contributed by atoms with van der Waals surface area (Å²) >= 11 is 1.28. The number of carboxylic acid groups (broad SMARTS) is 1. The Balaban J connectivity index is 1.94. The molecule has 6 heteroatoms. The SMILES string of the molecule is O=C(O)c1ccc(Sc2cc3ccccc3c(=O)[nH]2)nc1. The molecule has 21 heavy (non-hydrogen) atoms. The number of carboxylic acids is 1. The number of pyridine rings is 2. The maximum Gasteiger partial charge on any atom is 0.337 e. The van der Waals surface area contributed by atoms with Crippen molar-refractivity contribution in [3.8, 4) is 0 Å². The molecule has 2 aromatic heterocycles. The van der Waals surface area contributed by atoms with Crippen LogP contribution in [0.4, 0.5) is 0 Å². The van der Waals surface area contributed by atoms with E-state index in [1.54, 1.807) is 12.1 Å². The number of nitrogens with one attached hydrogen (secondary N) is 1. The molecule has 2 heterocycles. The summed E-state index contributed by atoms with van der Waals surface area (Å²) in [4.78, 5) is 29.6. The molecule has 2 N–H and O–H groups in total. The minimum Gasteiger partial charge on any atom is -0.478 e. The van der Waals surface area contributed by atoms with E-state index in [2.05, 4.69) is 9.97 Å². The lowest BCUT2D eigenvalue weighted by atomic mass is 10.2. The summed E-state index contributed by atoms with van der Waals surface area (Å²) in [6, 6.07) is 12.3. The first-order chi connectivity index (χ1) is 10.1. The number of nitrogens with zero attached hydrogens (tertiary/aromatic N) is 1. The molecule has 0 spiro atoms. The lowest BCUT2D eigenvalue weighted by Crippen LogP contribution is -2.06. The van der Waals surface area contributed by atoms with Crippen molar-refractivity contribution >= 4 is 28.5 Å². The van der Waals surface area contributed by atoms with E-state index in [9.17, 15) is 9.59 Å². The third-order valence-electron chi connectivity index (χ3n) is 2.93. The van der Waals surface area contributed by atoms with Gasteiger partial charge < -0.3 is 10.1 Å². The maximum absolute atomic E-state index is 12.0. The monoisotopic (exact) mass is 298 g/mol. The summed E-state index contributed by atoms with van der Waals surface area (Å²) in [7, 11) is 0. The lowest BCUT2D eigenvalue weighted by molar-refractivity contribution is 0.0696. The molecule has 0 atom stereocenters. The number of benzene rings is 1. The van der Waals surface area contributed by atoms with Gasteiger partial charge in [0.05, 0.1) is 10.6 Å². The van der Waals surface area contributed by atoms with Gasteiger partial charge in [-0.1, -0.05) is 30.0 Å². The van der Waals surface area contributed by atoms with Gasteiger partial charge >= 0.3 is 5.97 Å². The van der Waals surface area contributed by atoms with Crippen LogP contribution < -0.4 is 5.56 Å². The Hall–Kier alpha value is -2.60. The van der Waals surface area contributed by atoms with E-state index in [1.165, 1.54) is 24.0 Å². The van der Waals surface area contributed by atoms with Gasteiger partial charge in [0.2, 0.25) is 0 Å². The number of rotatable bonds is 3. The molecule has 0 aliphatic carbocycles. The van der Waals surface area contributed by atoms with Crippen LogP contribution in [0.5, 0.6) is 0 Å². The number of carbonyl (C=O) groups is 1. The van der Waals surface area contributed by atoms with Crippen LogP contribution in [0, 0.1) is 0 Å². The minimum absolute atomic E-state index is 0.131. The van der Waals surface area contributed by atoms with E-state index in [4.69, 9.17) is 5.11 Å². The molecule has 5 nitrogen and oxygen atoms in total. The highest BCUT2D eigenvalue weighted by Crippen LogP contribution is 2.25. The number of hydrogen-bond donors (Lipinski definition) is 2. The van der Waals surface area contributed by atoms with Crippen molar-refractivity contribution in [3.63, 3.8) is 0 Å². The zero-order valence-electron chi connectivity index (χ0n) is 10.7. The molecule has 0 fully saturated rings. The second-order valence-electron chi connectivity index (χ2n) is 4.34. The van der Waals surface area contributed by atoms with Crippen molar-refractivity contribution in [2.24, 2.45) is 0 Å². The molecule has 0 aliphatic heterocycles. The zero-order chi connectivity index (χ0) is 14.8. The maximum atomic E-state index is 12.0. The van der Waals surface area contributed by atoms with Crippen molar-refractivity contribution in [2.45, 2.75) is 10.1 Å². The van der Waals surface area contributed by atoms with Crippen LogP contribution in [-0.2, 0) is 0 Å². The van der Waals surface area contributed by atoms with Crippen LogP contribution in [0.25, 0.3) is 10.8 Å². The molecule has 0 amide bonds. The lowest BCUT2D eigenvalue weighted by Gasteiger charge is -2.03. The zero-order valence-corrected chi connectivity index (χ0v) is 11.6. The predicted octanol–water partition coefficient (Wildman–Crippen LogP) is 2.77. The third kappa shape index (κ3) is 2.80. The first kappa shape index (κ1) is 13.4. The van der Waals surface area contributed by atoms with Crippen LogP contribution in [0.15, 0.2) is 63.5 Å². The Labute approximate surface area is 123 Å². The van der Waals surface area contributed by atoms with E-state index in [1.807, 2.05) is 24.3 Å². The van der Waals surface area contributed by atoms with E-state index < -0.39 is 5.97 Å². The summed E-state index contributed by atoms with van der Waals surface area (Å²) in [6.45, 7) is 0. The molecular weight excluding hydrogens is 288 g/mol. The number of fused-ring (bicyclic) bond motifs is 1. The van der Waals surface area contributed by atoms with Gasteiger partial charge in [0.1, 0.15) is 5.03 Å². The van der Waals surface area contributed by atoms with Crippen LogP contribution >= 0.6 is 11.8 Å². The van der Waals surface area contributed by atoms with Gasteiger partial charge in [0.15, 0.2) is 0 Å². The normalized spacial score (nSPS) is 10.7. The van der Waals surface area contributed by atoms with Gasteiger partial charge in [-0.3, -0.25) is 4.79 Å². The quantitative estimate of drug-likeness (QED) is 0.777. The van der Waals surface area contributed by atoms with Crippen molar-refractivity contribution in [1.29, 1.82) is 0 Å². The summed E-state index contributed by atoms with van der Waals surface area (Å²) < 4.78 is 0. The molecule has 104 valence electrons. The summed E-state index contributed by atoms with van der Waals surface area (Å²) in [5.74, 6) is -1.02. The van der Waals surface area contributed by atoms with Crippen LogP contribution in [-0.4, -0.2) is 21.0 Å². The number of aromatic carboxylic acids is 1. The van der Waals surface area contributed by atoms with Crippen molar-refractivity contribution in [2.75, 3.05) is 0 Å². The number of aromatic amines is 1. The summed E-state index contributed by atoms with van der Waals surface area (Å²) in [5.41, 5.74) is -0.0240. The minimum atomic E-state index is -1.02. The largest absolute Gasteiger partial charge is 0.478 e. The van der Waals surface area contributed by atoms with E-state index in [0.717, 1.165) is 5.39 Å². The highest BCUT2D eigenvalue weighted by atomic mass is 32.2. The molecule has 0 radical (unpaired) electrons. The van der Waals surface area contributed by atoms with Crippen molar-refractivity contribution < 1.29 is 9.90 Å². The third-order valence-corrected chi connectivity index (χ3v) is 3.82. The number of H-pyrrole nitrogens is 1. The van der Waals surface area contributed by atoms with Gasteiger partial charge in [0.25, 0.3) is 5.56 Å². The van der Waals surface area contributed by atoms with Gasteiger partial charge in [0, 0.05) is 11.6 Å². The summed E-state index contributed by atoms with van der Waals surface area (Å²) in [6.07, 6.45) is 1.30. The Morgan fingerprint density at radius 3 is 2.71 bits per heavy atom. The van der Waals surface area contributed by atoms with Gasteiger partial charge in [-0.2, -0.15) is 0 Å². The second kappa shape index (κ2) is 5.41. The first-order valence-electron chi connectivity index (χ1n) is 6.13. The van der Waals surface area contributed by atoms with Gasteiger partial charge in [-0.05, 0) is 29.7 Å². The highest BCUT2D eigenvalue weighted by molar-refractivity contribution is 7.99. The fourth-order valence-corrected chi connectivity index (χ4v) is 2.72. The Bertz CT molecular complexity index is 872. The topological polar surface area (TPSA) is 83.0 Å². The van der Waals surface area contributed by atoms with Crippen molar-refractivity contribution in [3.05, 3.63) is 64.6 Å². The second-order valence-corrected chi connectivity index (χ2v) is 5.40. The van der Waals surface area contributed by atoms with Gasteiger partial charge in [-0.25, -0.2) is 9.78 Å². The standard InChI is InChI=1S/C15H10N2O3S/c18-14-11-4-2-1-3-9(11)7-13(17-14)21-12-6-5-10(8-16-12)15(19)20/h1-8H,(H,17,18)(H,19,20). The molecule has 0 bridgehead atoms. The molecule has 3 aromatic rings. The average Bonchev–Trinajstić information content (AvgIpc) is 2.48. The summed E-state index contributed by atoms with van der Waals surface area (Å²) in [5, 5.41) is 11.6. The predicted molar refractivity (Wildman–Crippen MR) is 79.9 cm³/mol. The van der Waals surface area contributed by atoms with E-state index in [0.29, 0.717) is 15.4 Å². The molecule has 3 rings (SSSR count). The van der Waals surface area contributed by atoms with Crippen LogP contribution in [0.1, 0.15) is 10.4 Å². The van der Waals surface area contributed by atoms with E-state index in [-0.39, 0.29) is 11.1 Å². The van der Waals surface area contributed by atoms with Crippen LogP contribution in [0.3, 0.4) is 0 Å². The Morgan fingerprint density at radius 1 is 1.19 bits per heavy atom. The Kier molecular flexibility index (Phi) is 3.45. The molecule has 0 saturated carbocycles. The fourth-order valence-electron chi connectivity index (χ4n) is 1.92. The molecule has 0 saturated heterocycles. The van der Waals surface area contributed by atoms with Crippen LogP contribution in [0.2, 0.25) is 0 Å². The number of aromatic nitrogens is 2. The molecule has 1 aromatic carbocycles. The Morgan fingerprint density at radius 2 is 2.00 bits per heavy atom. The molecular formula is C15H10N2O3S. The smallest absolute Gasteiger partial charge is 0.337 e. The highest BCUT2D eigenvalue weighted by Gasteiger charge is 2.06. The molecule has 0 unspecified atom stereocenters. The van der Waals surface area contributed by atoms with Crippen molar-refractivity contribution in [1.82, 2.24) is 9.97 Å². The van der Waals surface area contributed by atoms with E-state index >= 15 is 0 Å². The van der Waals surface area contributed by atoms with Gasteiger partial charge in [-0.15, -0.1) is 0 Å². The number of hydrogen-bond acceptors (Lipinski definition) is 4. The fraction of sp³-hybridized carbons (Fsp3) is 0. The molecule has 0 aliphatic rings.